The van der Waals surface area contributed by atoms with Crippen LogP contribution in [0, 0.1) is 0 Å². The lowest BCUT2D eigenvalue weighted by atomic mass is 9.77. The van der Waals surface area contributed by atoms with Crippen LogP contribution in [0.5, 0.6) is 0 Å². The third-order valence-corrected chi connectivity index (χ3v) is 4.37. The topological polar surface area (TPSA) is 24.9 Å². The van der Waals surface area contributed by atoms with Gasteiger partial charge in [-0.2, -0.15) is 0 Å². The minimum atomic E-state index is 0.753. The van der Waals surface area contributed by atoms with Crippen molar-refractivity contribution in [2.24, 2.45) is 0 Å². The van der Waals surface area contributed by atoms with E-state index in [-0.39, 0.29) is 0 Å². The number of nitrogens with zero attached hydrogens (tertiary/aromatic N) is 1. The van der Waals surface area contributed by atoms with Gasteiger partial charge in [-0.05, 0) is 54.5 Å². The van der Waals surface area contributed by atoms with Crippen LogP contribution in [0.2, 0.25) is 0 Å². The summed E-state index contributed by atoms with van der Waals surface area (Å²) in [5.41, 5.74) is 5.40. The lowest BCUT2D eigenvalue weighted by Crippen LogP contribution is -2.14. The standard InChI is InChI=1S/C19H24N2/c1-2-10-20-12-15-11-17(14-21-13-15)19-9-4-3-8-18(19)16-6-5-7-16/h3-4,8-9,11,13-14,16,20H,2,5-7,10,12H2,1H3. The number of pyridine rings is 1. The van der Waals surface area contributed by atoms with Gasteiger partial charge >= 0.3 is 0 Å². The third-order valence-electron chi connectivity index (χ3n) is 4.37. The molecule has 1 saturated carbocycles. The Balaban J connectivity index is 1.84. The van der Waals surface area contributed by atoms with Crippen molar-refractivity contribution < 1.29 is 0 Å². The van der Waals surface area contributed by atoms with Gasteiger partial charge in [0.2, 0.25) is 0 Å². The van der Waals surface area contributed by atoms with E-state index in [0.717, 1.165) is 25.4 Å². The van der Waals surface area contributed by atoms with Crippen molar-refractivity contribution in [2.45, 2.75) is 45.1 Å². The molecule has 0 unspecified atom stereocenters. The molecular weight excluding hydrogens is 256 g/mol. The quantitative estimate of drug-likeness (QED) is 0.787. The molecule has 0 saturated heterocycles. The average molecular weight is 280 g/mol. The van der Waals surface area contributed by atoms with Gasteiger partial charge in [-0.25, -0.2) is 0 Å². The van der Waals surface area contributed by atoms with Crippen molar-refractivity contribution in [1.29, 1.82) is 0 Å². The van der Waals surface area contributed by atoms with Crippen molar-refractivity contribution in [3.63, 3.8) is 0 Å². The molecule has 0 radical (unpaired) electrons. The Morgan fingerprint density at radius 2 is 2.05 bits per heavy atom. The van der Waals surface area contributed by atoms with Gasteiger partial charge in [0, 0.05) is 24.5 Å². The minimum Gasteiger partial charge on any atom is -0.313 e. The summed E-state index contributed by atoms with van der Waals surface area (Å²) in [5, 5.41) is 3.45. The van der Waals surface area contributed by atoms with Gasteiger partial charge in [0.25, 0.3) is 0 Å². The maximum absolute atomic E-state index is 4.44. The van der Waals surface area contributed by atoms with Crippen LogP contribution < -0.4 is 5.32 Å². The second-order valence-corrected chi connectivity index (χ2v) is 5.97. The Labute approximate surface area is 127 Å². The zero-order valence-corrected chi connectivity index (χ0v) is 12.8. The summed E-state index contributed by atoms with van der Waals surface area (Å²) in [6, 6.07) is 11.1. The number of nitrogens with one attached hydrogen (secondary N) is 1. The molecule has 2 heteroatoms. The van der Waals surface area contributed by atoms with Crippen molar-refractivity contribution in [3.05, 3.63) is 53.9 Å². The molecule has 1 aromatic carbocycles. The van der Waals surface area contributed by atoms with E-state index in [9.17, 15) is 0 Å². The van der Waals surface area contributed by atoms with Crippen LogP contribution in [0.3, 0.4) is 0 Å². The molecule has 0 bridgehead atoms. The van der Waals surface area contributed by atoms with E-state index in [0.29, 0.717) is 0 Å². The van der Waals surface area contributed by atoms with Crippen molar-refractivity contribution in [2.75, 3.05) is 6.54 Å². The molecule has 0 amide bonds. The van der Waals surface area contributed by atoms with E-state index in [1.807, 2.05) is 12.4 Å². The van der Waals surface area contributed by atoms with Gasteiger partial charge in [0.1, 0.15) is 0 Å². The number of hydrogen-bond acceptors (Lipinski definition) is 2. The van der Waals surface area contributed by atoms with Crippen molar-refractivity contribution >= 4 is 0 Å². The molecule has 1 aliphatic carbocycles. The number of rotatable bonds is 6. The summed E-state index contributed by atoms with van der Waals surface area (Å²) < 4.78 is 0. The van der Waals surface area contributed by atoms with Gasteiger partial charge in [-0.3, -0.25) is 4.98 Å². The first-order chi connectivity index (χ1) is 10.4. The molecule has 1 aliphatic rings. The van der Waals surface area contributed by atoms with Crippen LogP contribution in [0.4, 0.5) is 0 Å². The van der Waals surface area contributed by atoms with Crippen LogP contribution in [0.1, 0.15) is 49.7 Å². The summed E-state index contributed by atoms with van der Waals surface area (Å²) in [5.74, 6) is 0.753. The van der Waals surface area contributed by atoms with E-state index in [4.69, 9.17) is 0 Å². The zero-order chi connectivity index (χ0) is 14.5. The average Bonchev–Trinajstić information content (AvgIpc) is 2.47. The smallest absolute Gasteiger partial charge is 0.0346 e. The van der Waals surface area contributed by atoms with Gasteiger partial charge in [0.15, 0.2) is 0 Å². The molecule has 2 aromatic rings. The summed E-state index contributed by atoms with van der Waals surface area (Å²) >= 11 is 0. The summed E-state index contributed by atoms with van der Waals surface area (Å²) in [6.07, 6.45) is 9.18. The van der Waals surface area contributed by atoms with E-state index in [1.165, 1.54) is 41.5 Å². The molecule has 0 spiro atoms. The highest BCUT2D eigenvalue weighted by Crippen LogP contribution is 2.40. The molecule has 1 N–H and O–H groups in total. The van der Waals surface area contributed by atoms with Crippen LogP contribution in [0.15, 0.2) is 42.7 Å². The number of aromatic nitrogens is 1. The number of hydrogen-bond donors (Lipinski definition) is 1. The van der Waals surface area contributed by atoms with E-state index < -0.39 is 0 Å². The van der Waals surface area contributed by atoms with Gasteiger partial charge in [-0.15, -0.1) is 0 Å². The third kappa shape index (κ3) is 3.33. The van der Waals surface area contributed by atoms with Crippen LogP contribution >= 0.6 is 0 Å². The molecule has 110 valence electrons. The van der Waals surface area contributed by atoms with Crippen LogP contribution in [-0.4, -0.2) is 11.5 Å². The first-order valence-electron chi connectivity index (χ1n) is 8.12. The van der Waals surface area contributed by atoms with Crippen LogP contribution in [0.25, 0.3) is 11.1 Å². The van der Waals surface area contributed by atoms with Crippen LogP contribution in [-0.2, 0) is 6.54 Å². The fourth-order valence-electron chi connectivity index (χ4n) is 2.98. The summed E-state index contributed by atoms with van der Waals surface area (Å²) in [4.78, 5) is 4.44. The second-order valence-electron chi connectivity index (χ2n) is 5.97. The largest absolute Gasteiger partial charge is 0.313 e. The fourth-order valence-corrected chi connectivity index (χ4v) is 2.98. The van der Waals surface area contributed by atoms with Crippen molar-refractivity contribution in [1.82, 2.24) is 10.3 Å². The zero-order valence-electron chi connectivity index (χ0n) is 12.8. The Hall–Kier alpha value is -1.67. The predicted molar refractivity (Wildman–Crippen MR) is 88.3 cm³/mol. The molecule has 1 heterocycles. The molecule has 0 atom stereocenters. The molecule has 1 fully saturated rings. The summed E-state index contributed by atoms with van der Waals surface area (Å²) in [6.45, 7) is 4.15. The van der Waals surface area contributed by atoms with Gasteiger partial charge in [0.05, 0.1) is 0 Å². The highest BCUT2D eigenvalue weighted by Gasteiger charge is 2.22. The SMILES string of the molecule is CCCNCc1cncc(-c2ccccc2C2CCC2)c1. The fraction of sp³-hybridized carbons (Fsp3) is 0.421. The minimum absolute atomic E-state index is 0.753. The van der Waals surface area contributed by atoms with E-state index in [1.54, 1.807) is 0 Å². The predicted octanol–water partition coefficient (Wildman–Crippen LogP) is 4.52. The Morgan fingerprint density at radius 3 is 2.81 bits per heavy atom. The lowest BCUT2D eigenvalue weighted by Gasteiger charge is -2.28. The van der Waals surface area contributed by atoms with Gasteiger partial charge < -0.3 is 5.32 Å². The Bertz CT molecular complexity index is 588. The molecule has 1 aromatic heterocycles. The summed E-state index contributed by atoms with van der Waals surface area (Å²) in [7, 11) is 0. The van der Waals surface area contributed by atoms with Gasteiger partial charge in [-0.1, -0.05) is 37.6 Å². The monoisotopic (exact) mass is 280 g/mol. The Morgan fingerprint density at radius 1 is 1.19 bits per heavy atom. The first kappa shape index (κ1) is 14.3. The number of benzene rings is 1. The van der Waals surface area contributed by atoms with E-state index in [2.05, 4.69) is 47.6 Å². The maximum Gasteiger partial charge on any atom is 0.0346 e. The highest BCUT2D eigenvalue weighted by atomic mass is 14.8. The highest BCUT2D eigenvalue weighted by molar-refractivity contribution is 5.68. The lowest BCUT2D eigenvalue weighted by molar-refractivity contribution is 0.420. The molecule has 21 heavy (non-hydrogen) atoms. The van der Waals surface area contributed by atoms with Crippen molar-refractivity contribution in [3.8, 4) is 11.1 Å². The molecule has 0 aliphatic heterocycles. The molecule has 3 rings (SSSR count). The normalized spacial score (nSPS) is 14.9. The first-order valence-corrected chi connectivity index (χ1v) is 8.12. The molecule has 2 nitrogen and oxygen atoms in total. The maximum atomic E-state index is 4.44. The second kappa shape index (κ2) is 6.86. The van der Waals surface area contributed by atoms with E-state index >= 15 is 0 Å². The Kier molecular flexibility index (Phi) is 4.66. The molecular formula is C19H24N2.